The lowest BCUT2D eigenvalue weighted by molar-refractivity contribution is -0.304. The first-order valence-corrected chi connectivity index (χ1v) is 7.94. The molecule has 21 heavy (non-hydrogen) atoms. The van der Waals surface area contributed by atoms with E-state index in [1.807, 2.05) is 0 Å². The SMILES string of the molecule is O=C(OCC1CO1)C1CCC(COOCC2CO2)CC1Cl. The maximum atomic E-state index is 12.0. The molecule has 2 saturated heterocycles. The van der Waals surface area contributed by atoms with Crippen molar-refractivity contribution < 1.29 is 28.8 Å². The van der Waals surface area contributed by atoms with E-state index < -0.39 is 0 Å². The molecule has 1 aliphatic carbocycles. The fourth-order valence-electron chi connectivity index (χ4n) is 2.49. The Labute approximate surface area is 128 Å². The van der Waals surface area contributed by atoms with Crippen molar-refractivity contribution in [3.05, 3.63) is 0 Å². The van der Waals surface area contributed by atoms with Crippen LogP contribution in [-0.2, 0) is 28.8 Å². The van der Waals surface area contributed by atoms with Gasteiger partial charge in [-0.2, -0.15) is 0 Å². The summed E-state index contributed by atoms with van der Waals surface area (Å²) in [6, 6.07) is 0. The molecule has 2 heterocycles. The molecule has 5 unspecified atom stereocenters. The van der Waals surface area contributed by atoms with Gasteiger partial charge in [0.1, 0.15) is 25.4 Å². The van der Waals surface area contributed by atoms with E-state index in [0.29, 0.717) is 32.3 Å². The highest BCUT2D eigenvalue weighted by Gasteiger charge is 2.36. The lowest BCUT2D eigenvalue weighted by atomic mass is 9.82. The van der Waals surface area contributed by atoms with E-state index in [2.05, 4.69) is 0 Å². The Morgan fingerprint density at radius 3 is 2.38 bits per heavy atom. The van der Waals surface area contributed by atoms with Crippen molar-refractivity contribution in [3.8, 4) is 0 Å². The third-order valence-corrected chi connectivity index (χ3v) is 4.52. The van der Waals surface area contributed by atoms with Crippen molar-refractivity contribution in [1.82, 2.24) is 0 Å². The van der Waals surface area contributed by atoms with E-state index in [1.165, 1.54) is 0 Å². The van der Waals surface area contributed by atoms with Gasteiger partial charge in [-0.25, -0.2) is 9.78 Å². The molecule has 0 spiro atoms. The van der Waals surface area contributed by atoms with Gasteiger partial charge in [0.15, 0.2) is 0 Å². The Morgan fingerprint density at radius 1 is 1.05 bits per heavy atom. The van der Waals surface area contributed by atoms with Crippen LogP contribution in [0.5, 0.6) is 0 Å². The minimum absolute atomic E-state index is 0.0973. The van der Waals surface area contributed by atoms with E-state index in [-0.39, 0.29) is 29.5 Å². The highest BCUT2D eigenvalue weighted by atomic mass is 35.5. The molecule has 7 heteroatoms. The summed E-state index contributed by atoms with van der Waals surface area (Å²) >= 11 is 6.33. The highest BCUT2D eigenvalue weighted by Crippen LogP contribution is 2.34. The standard InChI is InChI=1S/C14H21ClO6/c15-13-3-9(4-20-21-8-11-6-18-11)1-2-12(13)14(16)19-7-10-5-17-10/h9-13H,1-8H2. The fourth-order valence-corrected chi connectivity index (χ4v) is 2.97. The van der Waals surface area contributed by atoms with Gasteiger partial charge in [-0.05, 0) is 25.2 Å². The number of epoxide rings is 2. The smallest absolute Gasteiger partial charge is 0.310 e. The molecule has 0 aromatic carbocycles. The second kappa shape index (κ2) is 7.24. The number of halogens is 1. The van der Waals surface area contributed by atoms with Crippen molar-refractivity contribution >= 4 is 17.6 Å². The minimum Gasteiger partial charge on any atom is -0.463 e. The van der Waals surface area contributed by atoms with Crippen LogP contribution in [0.2, 0.25) is 0 Å². The summed E-state index contributed by atoms with van der Waals surface area (Å²) in [5.41, 5.74) is 0. The fraction of sp³-hybridized carbons (Fsp3) is 0.929. The molecule has 6 nitrogen and oxygen atoms in total. The van der Waals surface area contributed by atoms with Crippen LogP contribution < -0.4 is 0 Å². The number of hydrogen-bond acceptors (Lipinski definition) is 6. The maximum absolute atomic E-state index is 12.0. The first-order chi connectivity index (χ1) is 10.2. The predicted octanol–water partition coefficient (Wildman–Crippen LogP) is 1.30. The predicted molar refractivity (Wildman–Crippen MR) is 72.8 cm³/mol. The molecule has 2 aliphatic heterocycles. The molecule has 120 valence electrons. The molecule has 0 radical (unpaired) electrons. The number of alkyl halides is 1. The van der Waals surface area contributed by atoms with Crippen molar-refractivity contribution in [2.75, 3.05) is 33.0 Å². The lowest BCUT2D eigenvalue weighted by Crippen LogP contribution is -2.34. The average molecular weight is 321 g/mol. The summed E-state index contributed by atoms with van der Waals surface area (Å²) in [6.45, 7) is 2.78. The third kappa shape index (κ3) is 5.07. The molecule has 3 rings (SSSR count). The number of ether oxygens (including phenoxy) is 3. The molecule has 0 aromatic heterocycles. The molecule has 5 atom stereocenters. The Kier molecular flexibility index (Phi) is 5.34. The molecular weight excluding hydrogens is 300 g/mol. The number of carbonyl (C=O) groups is 1. The number of esters is 1. The molecular formula is C14H21ClO6. The molecule has 0 N–H and O–H groups in total. The zero-order chi connectivity index (χ0) is 14.7. The minimum atomic E-state index is -0.220. The maximum Gasteiger partial charge on any atom is 0.310 e. The topological polar surface area (TPSA) is 69.8 Å². The van der Waals surface area contributed by atoms with E-state index in [4.69, 9.17) is 35.6 Å². The summed E-state index contributed by atoms with van der Waals surface area (Å²) in [5, 5.41) is -0.202. The molecule has 0 amide bonds. The van der Waals surface area contributed by atoms with Crippen LogP contribution in [-0.4, -0.2) is 56.6 Å². The Bertz CT molecular complexity index is 357. The Morgan fingerprint density at radius 2 is 1.71 bits per heavy atom. The van der Waals surface area contributed by atoms with Gasteiger partial charge in [0.25, 0.3) is 0 Å². The van der Waals surface area contributed by atoms with Gasteiger partial charge in [-0.3, -0.25) is 4.79 Å². The highest BCUT2D eigenvalue weighted by molar-refractivity contribution is 6.22. The summed E-state index contributed by atoms with van der Waals surface area (Å²) in [4.78, 5) is 22.2. The van der Waals surface area contributed by atoms with Gasteiger partial charge < -0.3 is 14.2 Å². The van der Waals surface area contributed by atoms with Gasteiger partial charge in [0.2, 0.25) is 0 Å². The van der Waals surface area contributed by atoms with Gasteiger partial charge >= 0.3 is 5.97 Å². The Hall–Kier alpha value is -0.400. The van der Waals surface area contributed by atoms with Crippen LogP contribution >= 0.6 is 11.6 Å². The van der Waals surface area contributed by atoms with Crippen molar-refractivity contribution in [2.24, 2.45) is 11.8 Å². The third-order valence-electron chi connectivity index (χ3n) is 4.04. The second-order valence-corrected chi connectivity index (χ2v) is 6.47. The largest absolute Gasteiger partial charge is 0.463 e. The summed E-state index contributed by atoms with van der Waals surface area (Å²) < 4.78 is 15.3. The molecule has 1 saturated carbocycles. The number of carbonyl (C=O) groups excluding carboxylic acids is 1. The summed E-state index contributed by atoms with van der Waals surface area (Å²) in [6.07, 6.45) is 2.67. The lowest BCUT2D eigenvalue weighted by Gasteiger charge is -2.30. The number of hydrogen-bond donors (Lipinski definition) is 0. The zero-order valence-corrected chi connectivity index (χ0v) is 12.6. The molecule has 0 bridgehead atoms. The number of rotatable bonds is 8. The van der Waals surface area contributed by atoms with Crippen LogP contribution in [0.15, 0.2) is 0 Å². The zero-order valence-electron chi connectivity index (χ0n) is 11.9. The van der Waals surface area contributed by atoms with Crippen LogP contribution in [0.3, 0.4) is 0 Å². The monoisotopic (exact) mass is 320 g/mol. The molecule has 3 fully saturated rings. The van der Waals surface area contributed by atoms with Crippen LogP contribution in [0.25, 0.3) is 0 Å². The van der Waals surface area contributed by atoms with Crippen LogP contribution in [0.4, 0.5) is 0 Å². The van der Waals surface area contributed by atoms with Crippen LogP contribution in [0, 0.1) is 11.8 Å². The van der Waals surface area contributed by atoms with E-state index in [1.54, 1.807) is 0 Å². The first kappa shape index (κ1) is 15.5. The van der Waals surface area contributed by atoms with Gasteiger partial charge in [0, 0.05) is 5.38 Å². The van der Waals surface area contributed by atoms with E-state index in [0.717, 1.165) is 25.9 Å². The van der Waals surface area contributed by atoms with Crippen molar-refractivity contribution in [1.29, 1.82) is 0 Å². The molecule has 0 aromatic rings. The van der Waals surface area contributed by atoms with E-state index >= 15 is 0 Å². The first-order valence-electron chi connectivity index (χ1n) is 7.50. The van der Waals surface area contributed by atoms with Crippen LogP contribution in [0.1, 0.15) is 19.3 Å². The average Bonchev–Trinajstić information content (AvgIpc) is 3.36. The molecule has 3 aliphatic rings. The summed E-state index contributed by atoms with van der Waals surface area (Å²) in [5.74, 6) is -0.0992. The van der Waals surface area contributed by atoms with Gasteiger partial charge in [-0.1, -0.05) is 0 Å². The van der Waals surface area contributed by atoms with E-state index in [9.17, 15) is 4.79 Å². The van der Waals surface area contributed by atoms with Crippen molar-refractivity contribution in [2.45, 2.75) is 36.8 Å². The van der Waals surface area contributed by atoms with Crippen molar-refractivity contribution in [3.63, 3.8) is 0 Å². The Balaban J connectivity index is 1.31. The van der Waals surface area contributed by atoms with Gasteiger partial charge in [0.05, 0.1) is 25.7 Å². The van der Waals surface area contributed by atoms with Gasteiger partial charge in [-0.15, -0.1) is 11.6 Å². The quantitative estimate of drug-likeness (QED) is 0.168. The summed E-state index contributed by atoms with van der Waals surface area (Å²) in [7, 11) is 0. The normalized spacial score (nSPS) is 38.0. The second-order valence-electron chi connectivity index (χ2n) is 5.91.